The lowest BCUT2D eigenvalue weighted by atomic mass is 9.77. The first-order valence-electron chi connectivity index (χ1n) is 11.4. The quantitative estimate of drug-likeness (QED) is 0.592. The molecule has 2 amide bonds. The first kappa shape index (κ1) is 22.4. The van der Waals surface area contributed by atoms with Crippen LogP contribution in [0.2, 0.25) is 0 Å². The molecule has 0 radical (unpaired) electrons. The van der Waals surface area contributed by atoms with Crippen LogP contribution in [0, 0.1) is 5.92 Å². The molecule has 1 aromatic heterocycles. The SMILES string of the molecule is CC(=O)OC1(c2ccc(C(=O)N3Cc4cccn4Cc4ccccc43)cc2)C=CC=CC1C(N)=O. The topological polar surface area (TPSA) is 94.6 Å². The number of anilines is 1. The molecule has 5 rings (SSSR count). The van der Waals surface area contributed by atoms with Crippen molar-refractivity contribution < 1.29 is 19.1 Å². The summed E-state index contributed by atoms with van der Waals surface area (Å²) < 4.78 is 7.82. The van der Waals surface area contributed by atoms with Gasteiger partial charge >= 0.3 is 5.97 Å². The van der Waals surface area contributed by atoms with E-state index in [1.807, 2.05) is 42.6 Å². The Morgan fingerprint density at radius 1 is 0.971 bits per heavy atom. The summed E-state index contributed by atoms with van der Waals surface area (Å²) in [6, 6.07) is 18.7. The standard InChI is InChI=1S/C28H25N3O4/c1-19(32)35-28(15-5-4-9-24(28)26(29)33)22-13-11-20(12-14-22)27(34)31-18-23-8-6-16-30(23)17-21-7-2-3-10-25(21)31/h2-16,24H,17-18H2,1H3,(H2,29,33). The summed E-state index contributed by atoms with van der Waals surface area (Å²) in [6.07, 6.45) is 8.70. The number of carbonyl (C=O) groups excluding carboxylic acids is 3. The highest BCUT2D eigenvalue weighted by molar-refractivity contribution is 6.06. The van der Waals surface area contributed by atoms with Crippen molar-refractivity contribution in [1.29, 1.82) is 0 Å². The fourth-order valence-corrected chi connectivity index (χ4v) is 4.89. The highest BCUT2D eigenvalue weighted by Gasteiger charge is 2.44. The molecule has 7 heteroatoms. The van der Waals surface area contributed by atoms with Gasteiger partial charge in [0.1, 0.15) is 5.92 Å². The average Bonchev–Trinajstić information content (AvgIpc) is 3.22. The van der Waals surface area contributed by atoms with Crippen LogP contribution in [0.1, 0.15) is 34.1 Å². The molecule has 0 bridgehead atoms. The molecule has 2 atom stereocenters. The molecular formula is C28H25N3O4. The number of allylic oxidation sites excluding steroid dienone is 2. The summed E-state index contributed by atoms with van der Waals surface area (Å²) >= 11 is 0. The number of aromatic nitrogens is 1. The fraction of sp³-hybridized carbons (Fsp3) is 0.179. The third kappa shape index (κ3) is 3.95. The Bertz CT molecular complexity index is 1370. The van der Waals surface area contributed by atoms with Crippen LogP contribution in [0.25, 0.3) is 0 Å². The van der Waals surface area contributed by atoms with Gasteiger partial charge in [-0.15, -0.1) is 0 Å². The van der Waals surface area contributed by atoms with Crippen molar-refractivity contribution in [3.8, 4) is 0 Å². The molecule has 35 heavy (non-hydrogen) atoms. The van der Waals surface area contributed by atoms with Crippen molar-refractivity contribution >= 4 is 23.5 Å². The molecule has 1 aliphatic carbocycles. The Labute approximate surface area is 203 Å². The molecule has 2 N–H and O–H groups in total. The van der Waals surface area contributed by atoms with Gasteiger partial charge in [0, 0.05) is 42.2 Å². The van der Waals surface area contributed by atoms with Gasteiger partial charge in [-0.2, -0.15) is 0 Å². The molecule has 2 heterocycles. The van der Waals surface area contributed by atoms with Gasteiger partial charge in [0.25, 0.3) is 5.91 Å². The minimum atomic E-state index is -1.37. The molecule has 1 aliphatic heterocycles. The van der Waals surface area contributed by atoms with Crippen molar-refractivity contribution in [2.75, 3.05) is 4.90 Å². The van der Waals surface area contributed by atoms with Gasteiger partial charge in [0.2, 0.25) is 5.91 Å². The van der Waals surface area contributed by atoms with Crippen LogP contribution in [0.5, 0.6) is 0 Å². The Morgan fingerprint density at radius 2 is 1.74 bits per heavy atom. The molecule has 0 saturated carbocycles. The second-order valence-electron chi connectivity index (χ2n) is 8.74. The Hall–Kier alpha value is -4.39. The van der Waals surface area contributed by atoms with Crippen LogP contribution >= 0.6 is 0 Å². The van der Waals surface area contributed by atoms with Gasteiger partial charge in [0.15, 0.2) is 5.60 Å². The molecule has 0 spiro atoms. The Balaban J connectivity index is 1.51. The monoisotopic (exact) mass is 467 g/mol. The van der Waals surface area contributed by atoms with E-state index < -0.39 is 23.4 Å². The number of hydrogen-bond donors (Lipinski definition) is 1. The zero-order chi connectivity index (χ0) is 24.6. The lowest BCUT2D eigenvalue weighted by Gasteiger charge is -2.36. The Kier molecular flexibility index (Phi) is 5.61. The number of esters is 1. The number of amides is 2. The fourth-order valence-electron chi connectivity index (χ4n) is 4.89. The maximum absolute atomic E-state index is 13.7. The maximum atomic E-state index is 13.7. The summed E-state index contributed by atoms with van der Waals surface area (Å²) in [5.41, 5.74) is 8.28. The lowest BCUT2D eigenvalue weighted by Crippen LogP contribution is -2.44. The van der Waals surface area contributed by atoms with Crippen LogP contribution in [0.15, 0.2) is 91.2 Å². The molecule has 2 unspecified atom stereocenters. The number of nitrogens with zero attached hydrogens (tertiary/aromatic N) is 2. The van der Waals surface area contributed by atoms with Gasteiger partial charge in [-0.3, -0.25) is 14.4 Å². The molecule has 2 aromatic carbocycles. The van der Waals surface area contributed by atoms with Crippen LogP contribution in [0.4, 0.5) is 5.69 Å². The van der Waals surface area contributed by atoms with Crippen LogP contribution in [-0.4, -0.2) is 22.4 Å². The number of rotatable bonds is 4. The van der Waals surface area contributed by atoms with E-state index in [0.29, 0.717) is 24.2 Å². The second-order valence-corrected chi connectivity index (χ2v) is 8.74. The van der Waals surface area contributed by atoms with Gasteiger partial charge in [-0.25, -0.2) is 0 Å². The minimum Gasteiger partial charge on any atom is -0.449 e. The van der Waals surface area contributed by atoms with Crippen LogP contribution in [0.3, 0.4) is 0 Å². The minimum absolute atomic E-state index is 0.147. The summed E-state index contributed by atoms with van der Waals surface area (Å²) in [5, 5.41) is 0. The van der Waals surface area contributed by atoms with E-state index in [2.05, 4.69) is 4.57 Å². The largest absolute Gasteiger partial charge is 0.449 e. The number of benzene rings is 2. The number of primary amides is 1. The number of fused-ring (bicyclic) bond motifs is 2. The van der Waals surface area contributed by atoms with Gasteiger partial charge < -0.3 is 19.9 Å². The third-order valence-electron chi connectivity index (χ3n) is 6.53. The molecule has 0 saturated heterocycles. The first-order valence-corrected chi connectivity index (χ1v) is 11.4. The summed E-state index contributed by atoms with van der Waals surface area (Å²) in [6.45, 7) is 2.43. The highest BCUT2D eigenvalue weighted by Crippen LogP contribution is 2.39. The molecule has 2 aliphatic rings. The van der Waals surface area contributed by atoms with Crippen molar-refractivity contribution in [3.63, 3.8) is 0 Å². The van der Waals surface area contributed by atoms with Crippen molar-refractivity contribution in [1.82, 2.24) is 4.57 Å². The summed E-state index contributed by atoms with van der Waals surface area (Å²) in [7, 11) is 0. The zero-order valence-corrected chi connectivity index (χ0v) is 19.3. The van der Waals surface area contributed by atoms with E-state index in [9.17, 15) is 14.4 Å². The van der Waals surface area contributed by atoms with E-state index in [1.54, 1.807) is 53.5 Å². The van der Waals surface area contributed by atoms with Gasteiger partial charge in [-0.1, -0.05) is 48.6 Å². The lowest BCUT2D eigenvalue weighted by molar-refractivity contribution is -0.159. The van der Waals surface area contributed by atoms with Crippen LogP contribution < -0.4 is 10.6 Å². The van der Waals surface area contributed by atoms with E-state index in [4.69, 9.17) is 10.5 Å². The number of ether oxygens (including phenoxy) is 1. The number of hydrogen-bond acceptors (Lipinski definition) is 4. The normalized spacial score (nSPS) is 20.5. The van der Waals surface area contributed by atoms with Crippen molar-refractivity contribution in [3.05, 3.63) is 114 Å². The predicted molar refractivity (Wildman–Crippen MR) is 131 cm³/mol. The highest BCUT2D eigenvalue weighted by atomic mass is 16.6. The number of nitrogens with two attached hydrogens (primary N) is 1. The number of carbonyl (C=O) groups is 3. The average molecular weight is 468 g/mol. The summed E-state index contributed by atoms with van der Waals surface area (Å²) in [4.78, 5) is 39.7. The smallest absolute Gasteiger partial charge is 0.303 e. The Morgan fingerprint density at radius 3 is 2.49 bits per heavy atom. The third-order valence-corrected chi connectivity index (χ3v) is 6.53. The molecule has 0 fully saturated rings. The first-order chi connectivity index (χ1) is 16.9. The molecular weight excluding hydrogens is 442 g/mol. The van der Waals surface area contributed by atoms with Crippen molar-refractivity contribution in [2.45, 2.75) is 25.6 Å². The zero-order valence-electron chi connectivity index (χ0n) is 19.3. The van der Waals surface area contributed by atoms with E-state index in [0.717, 1.165) is 16.9 Å². The molecule has 7 nitrogen and oxygen atoms in total. The van der Waals surface area contributed by atoms with Gasteiger partial charge in [-0.05, 0) is 42.0 Å². The van der Waals surface area contributed by atoms with Crippen LogP contribution in [-0.2, 0) is 33.0 Å². The number of para-hydroxylation sites is 1. The molecule has 176 valence electrons. The maximum Gasteiger partial charge on any atom is 0.303 e. The van der Waals surface area contributed by atoms with E-state index in [-0.39, 0.29) is 5.91 Å². The molecule has 3 aromatic rings. The predicted octanol–water partition coefficient (Wildman–Crippen LogP) is 3.68. The second kappa shape index (κ2) is 8.76. The van der Waals surface area contributed by atoms with Gasteiger partial charge in [0.05, 0.1) is 6.54 Å². The van der Waals surface area contributed by atoms with E-state index in [1.165, 1.54) is 6.92 Å². The summed E-state index contributed by atoms with van der Waals surface area (Å²) in [5.74, 6) is -2.18. The van der Waals surface area contributed by atoms with E-state index >= 15 is 0 Å². The van der Waals surface area contributed by atoms with Crippen molar-refractivity contribution in [2.24, 2.45) is 11.7 Å².